The van der Waals surface area contributed by atoms with Gasteiger partial charge in [0, 0.05) is 0 Å². The Morgan fingerprint density at radius 1 is 1.58 bits per heavy atom. The molecule has 2 aromatic heterocycles. The van der Waals surface area contributed by atoms with E-state index >= 15 is 0 Å². The molecule has 0 N–H and O–H groups in total. The molecule has 62 valence electrons. The first-order valence-electron chi connectivity index (χ1n) is 3.34. The molecule has 0 aromatic carbocycles. The number of nitrogens with zero attached hydrogens (tertiary/aromatic N) is 6. The molecule has 0 aliphatic rings. The maximum absolute atomic E-state index is 4.86. The Bertz CT molecular complexity index is 352. The summed E-state index contributed by atoms with van der Waals surface area (Å²) in [4.78, 5) is 3.99. The van der Waals surface area contributed by atoms with E-state index in [0.717, 1.165) is 0 Å². The van der Waals surface area contributed by atoms with Crippen LogP contribution in [-0.2, 0) is 6.54 Å². The molecule has 0 spiro atoms. The molecule has 0 radical (unpaired) electrons. The van der Waals surface area contributed by atoms with Gasteiger partial charge in [-0.15, -0.1) is 5.10 Å². The van der Waals surface area contributed by atoms with Gasteiger partial charge in [-0.25, -0.2) is 4.68 Å². The Morgan fingerprint density at radius 2 is 2.50 bits per heavy atom. The monoisotopic (exact) mass is 166 g/mol. The molecule has 7 nitrogen and oxygen atoms in total. The average molecular weight is 166 g/mol. The van der Waals surface area contributed by atoms with Gasteiger partial charge in [-0.1, -0.05) is 5.16 Å². The summed E-state index contributed by atoms with van der Waals surface area (Å²) >= 11 is 0. The van der Waals surface area contributed by atoms with E-state index < -0.39 is 0 Å². The van der Waals surface area contributed by atoms with Crippen LogP contribution in [-0.4, -0.2) is 30.3 Å². The van der Waals surface area contributed by atoms with Gasteiger partial charge in [-0.2, -0.15) is 4.98 Å². The number of tetrazole rings is 1. The molecule has 0 fully saturated rings. The van der Waals surface area contributed by atoms with Crippen molar-refractivity contribution in [1.29, 1.82) is 0 Å². The van der Waals surface area contributed by atoms with Crippen LogP contribution in [0.25, 0.3) is 0 Å². The van der Waals surface area contributed by atoms with E-state index in [4.69, 9.17) is 4.52 Å². The van der Waals surface area contributed by atoms with Gasteiger partial charge in [0.2, 0.25) is 5.89 Å². The maximum atomic E-state index is 4.86. The summed E-state index contributed by atoms with van der Waals surface area (Å²) in [6.07, 6.45) is 1.49. The van der Waals surface area contributed by atoms with Crippen LogP contribution in [0.3, 0.4) is 0 Å². The lowest BCUT2D eigenvalue weighted by molar-refractivity contribution is 0.361. The second kappa shape index (κ2) is 2.68. The van der Waals surface area contributed by atoms with Crippen LogP contribution in [0.5, 0.6) is 0 Å². The Labute approximate surface area is 67.4 Å². The van der Waals surface area contributed by atoms with Crippen LogP contribution in [0.15, 0.2) is 10.9 Å². The predicted molar refractivity (Wildman–Crippen MR) is 36.0 cm³/mol. The van der Waals surface area contributed by atoms with Crippen LogP contribution in [0.2, 0.25) is 0 Å². The number of hydrogen-bond donors (Lipinski definition) is 0. The van der Waals surface area contributed by atoms with Crippen LogP contribution in [0.1, 0.15) is 11.7 Å². The highest BCUT2D eigenvalue weighted by Gasteiger charge is 2.03. The highest BCUT2D eigenvalue weighted by molar-refractivity contribution is 4.82. The molecule has 7 heteroatoms. The Morgan fingerprint density at radius 3 is 3.08 bits per heavy atom. The fourth-order valence-electron chi connectivity index (χ4n) is 0.796. The predicted octanol–water partition coefficient (Wildman–Crippen LogP) is -0.587. The molecule has 0 bridgehead atoms. The summed E-state index contributed by atoms with van der Waals surface area (Å²) in [5.74, 6) is 1.11. The van der Waals surface area contributed by atoms with Crippen LogP contribution >= 0.6 is 0 Å². The van der Waals surface area contributed by atoms with E-state index in [1.807, 2.05) is 0 Å². The first kappa shape index (κ1) is 6.89. The molecule has 0 saturated carbocycles. The van der Waals surface area contributed by atoms with Gasteiger partial charge in [0.05, 0.1) is 0 Å². The third-order valence-electron chi connectivity index (χ3n) is 1.26. The van der Waals surface area contributed by atoms with Crippen molar-refractivity contribution in [3.05, 3.63) is 18.0 Å². The zero-order valence-corrected chi connectivity index (χ0v) is 6.38. The SMILES string of the molecule is Cc1noc(Cn2cnnn2)n1. The van der Waals surface area contributed by atoms with E-state index in [9.17, 15) is 0 Å². The Balaban J connectivity index is 2.14. The fourth-order valence-corrected chi connectivity index (χ4v) is 0.796. The van der Waals surface area contributed by atoms with Crippen molar-refractivity contribution < 1.29 is 4.52 Å². The van der Waals surface area contributed by atoms with Gasteiger partial charge in [0.15, 0.2) is 5.82 Å². The molecule has 2 heterocycles. The van der Waals surface area contributed by atoms with Crippen molar-refractivity contribution in [3.8, 4) is 0 Å². The molecule has 0 aliphatic heterocycles. The fraction of sp³-hybridized carbons (Fsp3) is 0.400. The molecule has 0 atom stereocenters. The minimum absolute atomic E-state index is 0.411. The van der Waals surface area contributed by atoms with Crippen molar-refractivity contribution in [2.24, 2.45) is 0 Å². The average Bonchev–Trinajstić information content (AvgIpc) is 2.63. The van der Waals surface area contributed by atoms with Crippen molar-refractivity contribution in [1.82, 2.24) is 30.3 Å². The van der Waals surface area contributed by atoms with Gasteiger partial charge in [-0.05, 0) is 17.4 Å². The lowest BCUT2D eigenvalue weighted by Gasteiger charge is -1.89. The van der Waals surface area contributed by atoms with E-state index in [0.29, 0.717) is 18.3 Å². The maximum Gasteiger partial charge on any atom is 0.248 e. The Kier molecular flexibility index (Phi) is 1.54. The van der Waals surface area contributed by atoms with Gasteiger partial charge in [0.25, 0.3) is 0 Å². The van der Waals surface area contributed by atoms with Crippen LogP contribution in [0.4, 0.5) is 0 Å². The molecule has 0 unspecified atom stereocenters. The normalized spacial score (nSPS) is 10.4. The lowest BCUT2D eigenvalue weighted by Crippen LogP contribution is -2.00. The summed E-state index contributed by atoms with van der Waals surface area (Å²) in [5, 5.41) is 14.2. The quantitative estimate of drug-likeness (QED) is 0.593. The van der Waals surface area contributed by atoms with Crippen molar-refractivity contribution >= 4 is 0 Å². The second-order valence-corrected chi connectivity index (χ2v) is 2.24. The van der Waals surface area contributed by atoms with E-state index in [2.05, 4.69) is 25.7 Å². The Hall–Kier alpha value is -1.79. The second-order valence-electron chi connectivity index (χ2n) is 2.24. The van der Waals surface area contributed by atoms with E-state index in [1.54, 1.807) is 6.92 Å². The minimum Gasteiger partial charge on any atom is -0.337 e. The first-order chi connectivity index (χ1) is 5.84. The summed E-state index contributed by atoms with van der Waals surface area (Å²) in [5.41, 5.74) is 0. The van der Waals surface area contributed by atoms with E-state index in [1.165, 1.54) is 11.0 Å². The molecule has 2 aromatic rings. The van der Waals surface area contributed by atoms with Gasteiger partial charge in [-0.3, -0.25) is 0 Å². The third kappa shape index (κ3) is 1.29. The first-order valence-corrected chi connectivity index (χ1v) is 3.34. The highest BCUT2D eigenvalue weighted by atomic mass is 16.5. The zero-order valence-electron chi connectivity index (χ0n) is 6.38. The third-order valence-corrected chi connectivity index (χ3v) is 1.26. The molecule has 2 rings (SSSR count). The number of aromatic nitrogens is 6. The largest absolute Gasteiger partial charge is 0.337 e. The van der Waals surface area contributed by atoms with Gasteiger partial charge >= 0.3 is 0 Å². The van der Waals surface area contributed by atoms with Crippen molar-refractivity contribution in [3.63, 3.8) is 0 Å². The van der Waals surface area contributed by atoms with Gasteiger partial charge < -0.3 is 4.52 Å². The molecular weight excluding hydrogens is 160 g/mol. The zero-order chi connectivity index (χ0) is 8.39. The number of aryl methyl sites for hydroxylation is 1. The summed E-state index contributed by atoms with van der Waals surface area (Å²) in [6.45, 7) is 2.17. The summed E-state index contributed by atoms with van der Waals surface area (Å²) in [6, 6.07) is 0. The molecule has 12 heavy (non-hydrogen) atoms. The lowest BCUT2D eigenvalue weighted by atomic mass is 10.6. The number of rotatable bonds is 2. The molecule has 0 aliphatic carbocycles. The van der Waals surface area contributed by atoms with Crippen LogP contribution < -0.4 is 0 Å². The van der Waals surface area contributed by atoms with E-state index in [-0.39, 0.29) is 0 Å². The van der Waals surface area contributed by atoms with Gasteiger partial charge in [0.1, 0.15) is 12.9 Å². The minimum atomic E-state index is 0.411. The molecule has 0 amide bonds. The topological polar surface area (TPSA) is 82.5 Å². The van der Waals surface area contributed by atoms with Crippen LogP contribution in [0, 0.1) is 6.92 Å². The summed E-state index contributed by atoms with van der Waals surface area (Å²) < 4.78 is 6.37. The van der Waals surface area contributed by atoms with Crippen molar-refractivity contribution in [2.45, 2.75) is 13.5 Å². The summed E-state index contributed by atoms with van der Waals surface area (Å²) in [7, 11) is 0. The molecular formula is C5H6N6O. The number of hydrogen-bond acceptors (Lipinski definition) is 6. The van der Waals surface area contributed by atoms with Crippen molar-refractivity contribution in [2.75, 3.05) is 0 Å². The highest BCUT2D eigenvalue weighted by Crippen LogP contribution is 1.96. The standard InChI is InChI=1S/C5H6N6O/c1-4-7-5(12-8-4)2-11-3-6-9-10-11/h3H,2H2,1H3. The smallest absolute Gasteiger partial charge is 0.248 e. The molecule has 0 saturated heterocycles.